The van der Waals surface area contributed by atoms with E-state index in [0.29, 0.717) is 11.4 Å². The molecule has 0 spiro atoms. The first-order chi connectivity index (χ1) is 7.78. The van der Waals surface area contributed by atoms with E-state index in [-0.39, 0.29) is 17.7 Å². The first-order valence-electron chi connectivity index (χ1n) is 6.06. The number of rotatable bonds is 5. The molecule has 4 nitrogen and oxygen atoms in total. The van der Waals surface area contributed by atoms with Crippen molar-refractivity contribution < 1.29 is 1.43 Å². The van der Waals surface area contributed by atoms with Gasteiger partial charge in [0.1, 0.15) is 11.4 Å². The molecule has 1 aromatic carbocycles. The fraction of sp³-hybridized carbons (Fsp3) is 0.692. The van der Waals surface area contributed by atoms with Gasteiger partial charge in [0.25, 0.3) is 10.9 Å². The SMILES string of the molecule is CCN(C)c1c(NCCC(C)(C)C)c(=O)c1=O.[HH]. The van der Waals surface area contributed by atoms with Crippen LogP contribution in [-0.2, 0) is 0 Å². The van der Waals surface area contributed by atoms with E-state index in [0.717, 1.165) is 19.5 Å². The zero-order valence-corrected chi connectivity index (χ0v) is 11.4. The molecule has 17 heavy (non-hydrogen) atoms. The predicted molar refractivity (Wildman–Crippen MR) is 75.0 cm³/mol. The van der Waals surface area contributed by atoms with Crippen LogP contribution in [-0.4, -0.2) is 20.1 Å². The van der Waals surface area contributed by atoms with E-state index < -0.39 is 0 Å². The first kappa shape index (κ1) is 13.7. The molecule has 0 aliphatic rings. The van der Waals surface area contributed by atoms with Gasteiger partial charge in [-0.05, 0) is 18.8 Å². The Morgan fingerprint density at radius 2 is 1.82 bits per heavy atom. The Balaban J connectivity index is 0.00000289. The zero-order chi connectivity index (χ0) is 13.2. The topological polar surface area (TPSA) is 49.4 Å². The third-order valence-electron chi connectivity index (χ3n) is 2.92. The van der Waals surface area contributed by atoms with E-state index in [1.807, 2.05) is 18.9 Å². The molecule has 0 atom stereocenters. The van der Waals surface area contributed by atoms with Crippen LogP contribution in [0.25, 0.3) is 0 Å². The highest BCUT2D eigenvalue weighted by Gasteiger charge is 2.23. The summed E-state index contributed by atoms with van der Waals surface area (Å²) in [7, 11) is 1.82. The summed E-state index contributed by atoms with van der Waals surface area (Å²) in [6.45, 7) is 9.84. The molecule has 0 amide bonds. The van der Waals surface area contributed by atoms with Crippen LogP contribution in [0, 0.1) is 5.41 Å². The molecule has 98 valence electrons. The summed E-state index contributed by atoms with van der Waals surface area (Å²) >= 11 is 0. The standard InChI is InChI=1S/C13H22N2O2.H2/c1-6-15(5)10-9(11(16)12(10)17)14-8-7-13(2,3)4;/h14H,6-8H2,1-5H3;1H. The Morgan fingerprint density at radius 1 is 1.24 bits per heavy atom. The number of nitrogens with zero attached hydrogens (tertiary/aromatic N) is 1. The average Bonchev–Trinajstić information content (AvgIpc) is 2.25. The number of anilines is 2. The van der Waals surface area contributed by atoms with E-state index in [1.165, 1.54) is 0 Å². The summed E-state index contributed by atoms with van der Waals surface area (Å²) in [6, 6.07) is 0. The molecule has 0 heterocycles. The highest BCUT2D eigenvalue weighted by Crippen LogP contribution is 2.21. The number of nitrogens with one attached hydrogen (secondary N) is 1. The van der Waals surface area contributed by atoms with Crippen molar-refractivity contribution in [3.8, 4) is 0 Å². The lowest BCUT2D eigenvalue weighted by atomic mass is 9.92. The molecular formula is C13H24N2O2. The quantitative estimate of drug-likeness (QED) is 0.798. The van der Waals surface area contributed by atoms with Gasteiger partial charge in [0.05, 0.1) is 0 Å². The second-order valence-electron chi connectivity index (χ2n) is 5.63. The molecule has 0 saturated heterocycles. The van der Waals surface area contributed by atoms with Gasteiger partial charge < -0.3 is 10.2 Å². The van der Waals surface area contributed by atoms with Crippen LogP contribution < -0.4 is 21.1 Å². The largest absolute Gasteiger partial charge is 0.380 e. The second-order valence-corrected chi connectivity index (χ2v) is 5.63. The van der Waals surface area contributed by atoms with Crippen LogP contribution in [0.4, 0.5) is 11.4 Å². The number of hydrogen-bond donors (Lipinski definition) is 1. The molecule has 0 aliphatic carbocycles. The van der Waals surface area contributed by atoms with Gasteiger partial charge in [-0.1, -0.05) is 20.8 Å². The van der Waals surface area contributed by atoms with E-state index in [9.17, 15) is 9.59 Å². The van der Waals surface area contributed by atoms with Crippen molar-refractivity contribution in [1.29, 1.82) is 0 Å². The van der Waals surface area contributed by atoms with Gasteiger partial charge in [0.2, 0.25) is 0 Å². The molecule has 1 rings (SSSR count). The Bertz CT molecular complexity index is 456. The van der Waals surface area contributed by atoms with Crippen molar-refractivity contribution >= 4 is 11.4 Å². The van der Waals surface area contributed by atoms with E-state index in [4.69, 9.17) is 0 Å². The van der Waals surface area contributed by atoms with Gasteiger partial charge in [0, 0.05) is 21.6 Å². The Kier molecular flexibility index (Phi) is 3.96. The average molecular weight is 240 g/mol. The zero-order valence-electron chi connectivity index (χ0n) is 11.4. The molecule has 0 unspecified atom stereocenters. The molecule has 1 N–H and O–H groups in total. The van der Waals surface area contributed by atoms with Crippen LogP contribution in [0.2, 0.25) is 0 Å². The van der Waals surface area contributed by atoms with Crippen molar-refractivity contribution in [1.82, 2.24) is 0 Å². The van der Waals surface area contributed by atoms with Gasteiger partial charge in [-0.25, -0.2) is 0 Å². The Morgan fingerprint density at radius 3 is 2.29 bits per heavy atom. The maximum Gasteiger partial charge on any atom is 0.253 e. The Labute approximate surface area is 104 Å². The summed E-state index contributed by atoms with van der Waals surface area (Å²) in [5.41, 5.74) is 0.498. The van der Waals surface area contributed by atoms with Crippen molar-refractivity contribution in [3.05, 3.63) is 20.4 Å². The lowest BCUT2D eigenvalue weighted by Crippen LogP contribution is -2.41. The molecule has 4 heteroatoms. The van der Waals surface area contributed by atoms with Gasteiger partial charge in [-0.2, -0.15) is 0 Å². The van der Waals surface area contributed by atoms with Gasteiger partial charge >= 0.3 is 0 Å². The van der Waals surface area contributed by atoms with Gasteiger partial charge in [0.15, 0.2) is 0 Å². The minimum Gasteiger partial charge on any atom is -0.380 e. The lowest BCUT2D eigenvalue weighted by molar-refractivity contribution is 0.389. The van der Waals surface area contributed by atoms with Gasteiger partial charge in [-0.3, -0.25) is 9.59 Å². The normalized spacial score (nSPS) is 11.8. The fourth-order valence-corrected chi connectivity index (χ4v) is 1.63. The summed E-state index contributed by atoms with van der Waals surface area (Å²) in [5, 5.41) is 3.09. The van der Waals surface area contributed by atoms with E-state index in [1.54, 1.807) is 0 Å². The Hall–Kier alpha value is -1.32. The molecule has 1 aromatic rings. The van der Waals surface area contributed by atoms with Crippen LogP contribution >= 0.6 is 0 Å². The number of hydrogen-bond acceptors (Lipinski definition) is 4. The van der Waals surface area contributed by atoms with Crippen LogP contribution in [0.3, 0.4) is 0 Å². The monoisotopic (exact) mass is 240 g/mol. The highest BCUT2D eigenvalue weighted by molar-refractivity contribution is 5.74. The van der Waals surface area contributed by atoms with Crippen molar-refractivity contribution in [3.63, 3.8) is 0 Å². The van der Waals surface area contributed by atoms with Crippen molar-refractivity contribution in [2.45, 2.75) is 34.1 Å². The summed E-state index contributed by atoms with van der Waals surface area (Å²) in [5.74, 6) is 0. The van der Waals surface area contributed by atoms with Crippen molar-refractivity contribution in [2.24, 2.45) is 5.41 Å². The minimum atomic E-state index is -0.380. The second kappa shape index (κ2) is 4.90. The third-order valence-corrected chi connectivity index (χ3v) is 2.92. The maximum atomic E-state index is 11.5. The minimum absolute atomic E-state index is 0. The lowest BCUT2D eigenvalue weighted by Gasteiger charge is -2.23. The summed E-state index contributed by atoms with van der Waals surface area (Å²) in [6.07, 6.45) is 0.959. The molecule has 0 aliphatic heterocycles. The molecule has 0 fully saturated rings. The summed E-state index contributed by atoms with van der Waals surface area (Å²) < 4.78 is 0. The molecule has 0 aromatic heterocycles. The van der Waals surface area contributed by atoms with E-state index >= 15 is 0 Å². The predicted octanol–water partition coefficient (Wildman–Crippen LogP) is 1.83. The maximum absolute atomic E-state index is 11.5. The van der Waals surface area contributed by atoms with Crippen LogP contribution in [0.1, 0.15) is 35.5 Å². The third kappa shape index (κ3) is 3.08. The molecule has 0 saturated carbocycles. The summed E-state index contributed by atoms with van der Waals surface area (Å²) in [4.78, 5) is 24.7. The molecular weight excluding hydrogens is 216 g/mol. The van der Waals surface area contributed by atoms with E-state index in [2.05, 4.69) is 26.1 Å². The highest BCUT2D eigenvalue weighted by atomic mass is 16.2. The van der Waals surface area contributed by atoms with Crippen molar-refractivity contribution in [2.75, 3.05) is 30.4 Å². The van der Waals surface area contributed by atoms with Crippen LogP contribution in [0.5, 0.6) is 0 Å². The smallest absolute Gasteiger partial charge is 0.253 e. The molecule has 0 bridgehead atoms. The molecule has 0 radical (unpaired) electrons. The fourth-order valence-electron chi connectivity index (χ4n) is 1.63. The van der Waals surface area contributed by atoms with Gasteiger partial charge in [-0.15, -0.1) is 0 Å². The van der Waals surface area contributed by atoms with Crippen LogP contribution in [0.15, 0.2) is 9.59 Å². The first-order valence-corrected chi connectivity index (χ1v) is 6.06.